The van der Waals surface area contributed by atoms with Crippen LogP contribution in [0.5, 0.6) is 5.75 Å². The molecule has 0 radical (unpaired) electrons. The molecule has 1 spiro atoms. The van der Waals surface area contributed by atoms with Gasteiger partial charge in [-0.15, -0.1) is 0 Å². The molecule has 0 bridgehead atoms. The molecule has 1 fully saturated rings. The zero-order valence-electron chi connectivity index (χ0n) is 7.66. The van der Waals surface area contributed by atoms with E-state index in [-0.39, 0.29) is 5.60 Å². The molecule has 0 atom stereocenters. The lowest BCUT2D eigenvalue weighted by atomic mass is 10.0. The van der Waals surface area contributed by atoms with Gasteiger partial charge in [-0.3, -0.25) is 4.72 Å². The topological polar surface area (TPSA) is 30.5 Å². The van der Waals surface area contributed by atoms with Gasteiger partial charge in [-0.05, 0) is 24.1 Å². The molecule has 2 aliphatic rings. The second kappa shape index (κ2) is 3.15. The van der Waals surface area contributed by atoms with E-state index >= 15 is 0 Å². The highest BCUT2D eigenvalue weighted by Crippen LogP contribution is 2.35. The van der Waals surface area contributed by atoms with Crippen molar-refractivity contribution >= 4 is 11.9 Å². The fourth-order valence-electron chi connectivity index (χ4n) is 1.62. The van der Waals surface area contributed by atoms with Gasteiger partial charge in [-0.2, -0.15) is 0 Å². The molecule has 4 heteroatoms. The van der Waals surface area contributed by atoms with E-state index in [0.29, 0.717) is 13.2 Å². The zero-order chi connectivity index (χ0) is 9.43. The molecule has 14 heavy (non-hydrogen) atoms. The fourth-order valence-corrected chi connectivity index (χ4v) is 2.47. The quantitative estimate of drug-likeness (QED) is 0.655. The van der Waals surface area contributed by atoms with Gasteiger partial charge in [0, 0.05) is 0 Å². The normalized spacial score (nSPS) is 23.1. The van der Waals surface area contributed by atoms with Crippen LogP contribution in [0.15, 0.2) is 29.2 Å². The summed E-state index contributed by atoms with van der Waals surface area (Å²) in [4.78, 5) is 1.15. The molecule has 3 nitrogen and oxygen atoms in total. The average Bonchev–Trinajstić information content (AvgIpc) is 2.35. The standard InChI is InChI=1S/C10H11NO2S/c1-2-4-9-8(3-1)13-10(5-11-14-9)6-12-7-10/h1-4,11H,5-7H2. The summed E-state index contributed by atoms with van der Waals surface area (Å²) in [6.07, 6.45) is 0. The average molecular weight is 209 g/mol. The Bertz CT molecular complexity index is 352. The third kappa shape index (κ3) is 1.30. The van der Waals surface area contributed by atoms with Crippen molar-refractivity contribution in [2.24, 2.45) is 0 Å². The summed E-state index contributed by atoms with van der Waals surface area (Å²) in [5.74, 6) is 0.964. The molecule has 2 aliphatic heterocycles. The number of benzene rings is 1. The Labute approximate surface area is 86.9 Å². The Kier molecular flexibility index (Phi) is 1.93. The summed E-state index contributed by atoms with van der Waals surface area (Å²) in [6, 6.07) is 8.09. The highest BCUT2D eigenvalue weighted by molar-refractivity contribution is 7.97. The Morgan fingerprint density at radius 3 is 2.93 bits per heavy atom. The molecule has 74 valence electrons. The van der Waals surface area contributed by atoms with E-state index in [0.717, 1.165) is 17.2 Å². The molecule has 2 heterocycles. The van der Waals surface area contributed by atoms with E-state index in [1.165, 1.54) is 0 Å². The maximum Gasteiger partial charge on any atom is 0.168 e. The molecule has 1 aromatic carbocycles. The van der Waals surface area contributed by atoms with Crippen molar-refractivity contribution in [1.29, 1.82) is 0 Å². The van der Waals surface area contributed by atoms with E-state index in [1.807, 2.05) is 18.2 Å². The lowest BCUT2D eigenvalue weighted by Gasteiger charge is -2.40. The lowest BCUT2D eigenvalue weighted by Crippen LogP contribution is -2.59. The molecule has 0 aliphatic carbocycles. The van der Waals surface area contributed by atoms with E-state index in [2.05, 4.69) is 10.8 Å². The fraction of sp³-hybridized carbons (Fsp3) is 0.400. The molecule has 1 aromatic rings. The number of rotatable bonds is 0. The van der Waals surface area contributed by atoms with Crippen molar-refractivity contribution in [1.82, 2.24) is 4.72 Å². The predicted octanol–water partition coefficient (Wildman–Crippen LogP) is 1.44. The Morgan fingerprint density at radius 2 is 2.14 bits per heavy atom. The molecule has 1 saturated heterocycles. The van der Waals surface area contributed by atoms with Gasteiger partial charge in [-0.25, -0.2) is 0 Å². The lowest BCUT2D eigenvalue weighted by molar-refractivity contribution is -0.156. The molecule has 3 rings (SSSR count). The second-order valence-corrected chi connectivity index (χ2v) is 4.58. The maximum atomic E-state index is 5.97. The second-order valence-electron chi connectivity index (χ2n) is 3.65. The SMILES string of the molecule is c1ccc2c(c1)OC1(CNS2)COC1. The molecule has 0 saturated carbocycles. The van der Waals surface area contributed by atoms with Gasteiger partial charge in [0.15, 0.2) is 5.60 Å². The van der Waals surface area contributed by atoms with Gasteiger partial charge in [0.25, 0.3) is 0 Å². The highest BCUT2D eigenvalue weighted by atomic mass is 32.2. The molecule has 0 unspecified atom stereocenters. The molecule has 0 amide bonds. The van der Waals surface area contributed by atoms with Gasteiger partial charge in [0.1, 0.15) is 5.75 Å². The van der Waals surface area contributed by atoms with Gasteiger partial charge in [-0.1, -0.05) is 12.1 Å². The van der Waals surface area contributed by atoms with Crippen LogP contribution >= 0.6 is 11.9 Å². The summed E-state index contributed by atoms with van der Waals surface area (Å²) >= 11 is 1.63. The third-order valence-electron chi connectivity index (χ3n) is 2.48. The Morgan fingerprint density at radius 1 is 1.29 bits per heavy atom. The number of hydrogen-bond acceptors (Lipinski definition) is 4. The minimum absolute atomic E-state index is 0.125. The van der Waals surface area contributed by atoms with Crippen LogP contribution in [0, 0.1) is 0 Å². The van der Waals surface area contributed by atoms with Gasteiger partial charge in [0.05, 0.1) is 24.7 Å². The van der Waals surface area contributed by atoms with Crippen molar-refractivity contribution in [3.8, 4) is 5.75 Å². The van der Waals surface area contributed by atoms with Crippen LogP contribution in [0.2, 0.25) is 0 Å². The number of nitrogens with one attached hydrogen (secondary N) is 1. The number of fused-ring (bicyclic) bond motifs is 1. The largest absolute Gasteiger partial charge is 0.480 e. The van der Waals surface area contributed by atoms with Crippen LogP contribution in [-0.4, -0.2) is 25.4 Å². The molecular weight excluding hydrogens is 198 g/mol. The van der Waals surface area contributed by atoms with Crippen molar-refractivity contribution in [3.05, 3.63) is 24.3 Å². The van der Waals surface area contributed by atoms with Crippen LogP contribution in [0.1, 0.15) is 0 Å². The van der Waals surface area contributed by atoms with Gasteiger partial charge in [0.2, 0.25) is 0 Å². The molecule has 0 aromatic heterocycles. The van der Waals surface area contributed by atoms with Crippen molar-refractivity contribution < 1.29 is 9.47 Å². The number of para-hydroxylation sites is 1. The van der Waals surface area contributed by atoms with Gasteiger partial charge < -0.3 is 9.47 Å². The van der Waals surface area contributed by atoms with Crippen LogP contribution in [-0.2, 0) is 4.74 Å². The summed E-state index contributed by atoms with van der Waals surface area (Å²) in [5, 5.41) is 0. The minimum atomic E-state index is -0.125. The molecular formula is C10H11NO2S. The molecule has 1 N–H and O–H groups in total. The van der Waals surface area contributed by atoms with Crippen LogP contribution in [0.3, 0.4) is 0 Å². The number of ether oxygens (including phenoxy) is 2. The van der Waals surface area contributed by atoms with Crippen molar-refractivity contribution in [3.63, 3.8) is 0 Å². The van der Waals surface area contributed by atoms with Crippen molar-refractivity contribution in [2.75, 3.05) is 19.8 Å². The number of hydrogen-bond donors (Lipinski definition) is 1. The van der Waals surface area contributed by atoms with E-state index < -0.39 is 0 Å². The van der Waals surface area contributed by atoms with Crippen LogP contribution in [0.25, 0.3) is 0 Å². The highest BCUT2D eigenvalue weighted by Gasteiger charge is 2.42. The summed E-state index contributed by atoms with van der Waals surface area (Å²) in [6.45, 7) is 2.22. The summed E-state index contributed by atoms with van der Waals surface area (Å²) in [5.41, 5.74) is -0.125. The van der Waals surface area contributed by atoms with E-state index in [9.17, 15) is 0 Å². The maximum absolute atomic E-state index is 5.97. The zero-order valence-corrected chi connectivity index (χ0v) is 8.47. The van der Waals surface area contributed by atoms with E-state index in [4.69, 9.17) is 9.47 Å². The Balaban J connectivity index is 1.94. The van der Waals surface area contributed by atoms with E-state index in [1.54, 1.807) is 11.9 Å². The van der Waals surface area contributed by atoms with Crippen LogP contribution in [0.4, 0.5) is 0 Å². The summed E-state index contributed by atoms with van der Waals surface area (Å²) in [7, 11) is 0. The predicted molar refractivity (Wildman–Crippen MR) is 54.5 cm³/mol. The monoisotopic (exact) mass is 209 g/mol. The minimum Gasteiger partial charge on any atom is -0.480 e. The summed E-state index contributed by atoms with van der Waals surface area (Å²) < 4.78 is 14.5. The first kappa shape index (κ1) is 8.59. The van der Waals surface area contributed by atoms with Crippen LogP contribution < -0.4 is 9.46 Å². The Hall–Kier alpha value is -0.710. The first-order valence-electron chi connectivity index (χ1n) is 4.64. The van der Waals surface area contributed by atoms with Crippen molar-refractivity contribution in [2.45, 2.75) is 10.5 Å². The first-order valence-corrected chi connectivity index (χ1v) is 5.45. The van der Waals surface area contributed by atoms with Gasteiger partial charge >= 0.3 is 0 Å². The smallest absolute Gasteiger partial charge is 0.168 e. The first-order chi connectivity index (χ1) is 6.88. The third-order valence-corrected chi connectivity index (χ3v) is 3.33.